The molecule has 0 atom stereocenters. The number of hydrogen-bond donors (Lipinski definition) is 0. The molecule has 2 aromatic carbocycles. The molecule has 0 heterocycles. The Bertz CT molecular complexity index is 424. The molecule has 2 rings (SSSR count). The van der Waals surface area contributed by atoms with Crippen molar-refractivity contribution in [3.8, 4) is 0 Å². The Kier molecular flexibility index (Phi) is 7.22. The van der Waals surface area contributed by atoms with Crippen molar-refractivity contribution >= 4 is 10.8 Å². The zero-order valence-electron chi connectivity index (χ0n) is 10.3. The van der Waals surface area contributed by atoms with Crippen molar-refractivity contribution < 1.29 is 26.2 Å². The first-order chi connectivity index (χ1) is 5.66. The van der Waals surface area contributed by atoms with E-state index in [4.69, 9.17) is 0 Å². The topological polar surface area (TPSA) is 0 Å². The van der Waals surface area contributed by atoms with E-state index < -0.39 is 0 Å². The minimum Gasteiger partial charge on any atom is -0.358 e. The van der Waals surface area contributed by atoms with Gasteiger partial charge in [0.25, 0.3) is 0 Å². The molecule has 0 saturated heterocycles. The summed E-state index contributed by atoms with van der Waals surface area (Å²) in [5.41, 5.74) is 4.10. The SMILES string of the molecule is Cc1cc(C)c2cc(C)[cH-]c2c1.[CH3-].[CH3-].[Zr+3]. The van der Waals surface area contributed by atoms with Gasteiger partial charge in [-0.2, -0.15) is 6.07 Å². The number of fused-ring (bicyclic) bond motifs is 1. The van der Waals surface area contributed by atoms with E-state index in [-0.39, 0.29) is 41.1 Å². The van der Waals surface area contributed by atoms with Gasteiger partial charge in [0, 0.05) is 0 Å². The van der Waals surface area contributed by atoms with Crippen molar-refractivity contribution in [1.82, 2.24) is 0 Å². The average Bonchev–Trinajstić information content (AvgIpc) is 2.29. The fraction of sp³-hybridized carbons (Fsp3) is 0.214. The van der Waals surface area contributed by atoms with E-state index in [2.05, 4.69) is 45.0 Å². The summed E-state index contributed by atoms with van der Waals surface area (Å²) in [4.78, 5) is 0. The summed E-state index contributed by atoms with van der Waals surface area (Å²) in [5.74, 6) is 0. The van der Waals surface area contributed by atoms with Crippen LogP contribution in [0.4, 0.5) is 0 Å². The Balaban J connectivity index is 0. The van der Waals surface area contributed by atoms with Gasteiger partial charge in [-0.3, -0.25) is 0 Å². The number of benzene rings is 1. The molecule has 0 fully saturated rings. The predicted octanol–water partition coefficient (Wildman–Crippen LogP) is 4.38. The molecule has 0 aromatic heterocycles. The third-order valence-electron chi connectivity index (χ3n) is 2.32. The van der Waals surface area contributed by atoms with Crippen LogP contribution in [0, 0.1) is 35.6 Å². The average molecular weight is 279 g/mol. The van der Waals surface area contributed by atoms with Crippen LogP contribution >= 0.6 is 0 Å². The van der Waals surface area contributed by atoms with E-state index in [1.54, 1.807) is 0 Å². The summed E-state index contributed by atoms with van der Waals surface area (Å²) in [7, 11) is 0. The van der Waals surface area contributed by atoms with Crippen molar-refractivity contribution in [1.29, 1.82) is 0 Å². The molecule has 0 aliphatic heterocycles. The Morgan fingerprint density at radius 3 is 2.13 bits per heavy atom. The minimum absolute atomic E-state index is 0. The molecule has 1 radical (unpaired) electrons. The van der Waals surface area contributed by atoms with Crippen molar-refractivity contribution in [2.45, 2.75) is 20.8 Å². The molecule has 0 aliphatic carbocycles. The van der Waals surface area contributed by atoms with Gasteiger partial charge in [0.15, 0.2) is 0 Å². The molecule has 15 heavy (non-hydrogen) atoms. The molecule has 2 aromatic rings. The van der Waals surface area contributed by atoms with Crippen molar-refractivity contribution in [2.75, 3.05) is 0 Å². The van der Waals surface area contributed by atoms with Crippen LogP contribution in [-0.4, -0.2) is 0 Å². The second-order valence-corrected chi connectivity index (χ2v) is 3.62. The van der Waals surface area contributed by atoms with Crippen molar-refractivity contribution in [2.24, 2.45) is 0 Å². The molecule has 0 nitrogen and oxygen atoms in total. The van der Waals surface area contributed by atoms with Crippen LogP contribution in [0.25, 0.3) is 10.8 Å². The summed E-state index contributed by atoms with van der Waals surface area (Å²) in [6.45, 7) is 6.47. The van der Waals surface area contributed by atoms with Crippen LogP contribution in [-0.2, 0) is 26.2 Å². The third kappa shape index (κ3) is 3.35. The Labute approximate surface area is 113 Å². The molecular formula is C14H19Zr. The maximum Gasteiger partial charge on any atom is 3.00 e. The van der Waals surface area contributed by atoms with Crippen LogP contribution in [0.5, 0.6) is 0 Å². The summed E-state index contributed by atoms with van der Waals surface area (Å²) >= 11 is 0. The molecule has 0 unspecified atom stereocenters. The fourth-order valence-electron chi connectivity index (χ4n) is 1.84. The Morgan fingerprint density at radius 2 is 1.53 bits per heavy atom. The summed E-state index contributed by atoms with van der Waals surface area (Å²) in [6.07, 6.45) is 0. The predicted molar refractivity (Wildman–Crippen MR) is 66.6 cm³/mol. The molecule has 0 amide bonds. The molecule has 0 aliphatic rings. The molecular weight excluding hydrogens is 259 g/mol. The van der Waals surface area contributed by atoms with E-state index in [0.29, 0.717) is 0 Å². The monoisotopic (exact) mass is 277 g/mol. The van der Waals surface area contributed by atoms with Gasteiger partial charge in [-0.25, -0.2) is 0 Å². The third-order valence-corrected chi connectivity index (χ3v) is 2.32. The van der Waals surface area contributed by atoms with Gasteiger partial charge in [-0.15, -0.1) is 28.5 Å². The first kappa shape index (κ1) is 17.1. The number of rotatable bonds is 0. The summed E-state index contributed by atoms with van der Waals surface area (Å²) in [5, 5.41) is 2.78. The first-order valence-corrected chi connectivity index (χ1v) is 4.31. The smallest absolute Gasteiger partial charge is 0.358 e. The van der Waals surface area contributed by atoms with E-state index in [0.717, 1.165) is 0 Å². The fourth-order valence-corrected chi connectivity index (χ4v) is 1.84. The molecule has 79 valence electrons. The van der Waals surface area contributed by atoms with Gasteiger partial charge in [-0.1, -0.05) is 24.1 Å². The zero-order valence-corrected chi connectivity index (χ0v) is 12.8. The number of hydrogen-bond acceptors (Lipinski definition) is 0. The Hall–Kier alpha value is -0.287. The molecule has 0 N–H and O–H groups in total. The standard InChI is InChI=1S/C12H13.2CH3.Zr/c1-8-4-10(3)12-7-9(2)6-11(12)5-8;;;/h4-7H,1-3H3;2*1H3;/q3*-1;+3. The van der Waals surface area contributed by atoms with E-state index in [9.17, 15) is 0 Å². The molecule has 0 saturated carbocycles. The second kappa shape index (κ2) is 6.33. The van der Waals surface area contributed by atoms with Crippen LogP contribution < -0.4 is 0 Å². The molecule has 0 spiro atoms. The van der Waals surface area contributed by atoms with Gasteiger partial charge in [0.1, 0.15) is 0 Å². The molecule has 0 bridgehead atoms. The maximum atomic E-state index is 2.25. The van der Waals surface area contributed by atoms with Gasteiger partial charge < -0.3 is 14.9 Å². The van der Waals surface area contributed by atoms with Crippen LogP contribution in [0.3, 0.4) is 0 Å². The zero-order chi connectivity index (χ0) is 8.72. The summed E-state index contributed by atoms with van der Waals surface area (Å²) in [6, 6.07) is 8.98. The second-order valence-electron chi connectivity index (χ2n) is 3.62. The Morgan fingerprint density at radius 1 is 0.933 bits per heavy atom. The van der Waals surface area contributed by atoms with E-state index in [1.165, 1.54) is 27.5 Å². The van der Waals surface area contributed by atoms with Gasteiger partial charge in [0.05, 0.1) is 0 Å². The van der Waals surface area contributed by atoms with E-state index in [1.807, 2.05) is 0 Å². The van der Waals surface area contributed by atoms with Crippen LogP contribution in [0.15, 0.2) is 24.3 Å². The minimum atomic E-state index is 0. The van der Waals surface area contributed by atoms with Crippen molar-refractivity contribution in [3.05, 3.63) is 55.8 Å². The normalized spacial score (nSPS) is 8.73. The summed E-state index contributed by atoms with van der Waals surface area (Å²) < 4.78 is 0. The van der Waals surface area contributed by atoms with Crippen LogP contribution in [0.1, 0.15) is 16.7 Å². The largest absolute Gasteiger partial charge is 3.00 e. The van der Waals surface area contributed by atoms with E-state index >= 15 is 0 Å². The van der Waals surface area contributed by atoms with Gasteiger partial charge in [0.2, 0.25) is 0 Å². The molecule has 1 heteroatoms. The van der Waals surface area contributed by atoms with Gasteiger partial charge >= 0.3 is 26.2 Å². The number of aryl methyl sites for hydroxylation is 3. The first-order valence-electron chi connectivity index (χ1n) is 4.31. The maximum absolute atomic E-state index is 2.25. The van der Waals surface area contributed by atoms with Gasteiger partial charge in [-0.05, 0) is 13.8 Å². The van der Waals surface area contributed by atoms with Crippen molar-refractivity contribution in [3.63, 3.8) is 0 Å². The quantitative estimate of drug-likeness (QED) is 0.627. The van der Waals surface area contributed by atoms with Crippen LogP contribution in [0.2, 0.25) is 0 Å².